The van der Waals surface area contributed by atoms with E-state index in [1.54, 1.807) is 0 Å². The molecule has 0 aliphatic carbocycles. The third-order valence-corrected chi connectivity index (χ3v) is 5.08. The largest absolute Gasteiger partial charge is 0.381 e. The lowest BCUT2D eigenvalue weighted by Gasteiger charge is -2.27. The van der Waals surface area contributed by atoms with Crippen molar-refractivity contribution in [2.45, 2.75) is 32.2 Å². The van der Waals surface area contributed by atoms with Gasteiger partial charge in [-0.05, 0) is 50.8 Å². The van der Waals surface area contributed by atoms with E-state index in [1.807, 2.05) is 7.05 Å². The Balaban J connectivity index is 1.60. The Bertz CT molecular complexity index is 514. The Labute approximate surface area is 159 Å². The third kappa shape index (κ3) is 7.75. The number of aliphatic imine (C=N–C) groups is 1. The maximum atomic E-state index is 5.44. The van der Waals surface area contributed by atoms with Crippen molar-refractivity contribution in [1.82, 2.24) is 15.1 Å². The molecule has 0 spiro atoms. The number of rotatable bonds is 9. The molecule has 0 unspecified atom stereocenters. The van der Waals surface area contributed by atoms with Crippen molar-refractivity contribution in [3.8, 4) is 0 Å². The molecule has 1 aliphatic rings. The third-order valence-electron chi connectivity index (χ3n) is 5.08. The van der Waals surface area contributed by atoms with Gasteiger partial charge in [-0.3, -0.25) is 4.99 Å². The van der Waals surface area contributed by atoms with Gasteiger partial charge in [-0.2, -0.15) is 0 Å². The van der Waals surface area contributed by atoms with Crippen LogP contribution in [0.1, 0.15) is 31.2 Å². The molecule has 1 aromatic rings. The summed E-state index contributed by atoms with van der Waals surface area (Å²) in [4.78, 5) is 9.05. The molecule has 0 saturated carbocycles. The van der Waals surface area contributed by atoms with Gasteiger partial charge in [0.05, 0.1) is 0 Å². The first-order valence-electron chi connectivity index (χ1n) is 9.91. The van der Waals surface area contributed by atoms with E-state index in [4.69, 9.17) is 4.74 Å². The Hall–Kier alpha value is -1.59. The molecule has 1 N–H and O–H groups in total. The summed E-state index contributed by atoms with van der Waals surface area (Å²) in [5.74, 6) is 1.80. The minimum atomic E-state index is 0.802. The first kappa shape index (κ1) is 20.7. The van der Waals surface area contributed by atoms with Gasteiger partial charge in [-0.1, -0.05) is 30.3 Å². The molecular formula is C21H36N4O. The molecule has 1 heterocycles. The van der Waals surface area contributed by atoms with E-state index < -0.39 is 0 Å². The first-order chi connectivity index (χ1) is 12.7. The molecule has 146 valence electrons. The van der Waals surface area contributed by atoms with Crippen LogP contribution in [0, 0.1) is 5.92 Å². The van der Waals surface area contributed by atoms with E-state index in [-0.39, 0.29) is 0 Å². The number of nitrogens with zero attached hydrogens (tertiary/aromatic N) is 3. The molecule has 1 saturated heterocycles. The lowest BCUT2D eigenvalue weighted by Crippen LogP contribution is -2.41. The number of hydrogen-bond donors (Lipinski definition) is 1. The summed E-state index contributed by atoms with van der Waals surface area (Å²) in [6.45, 7) is 5.94. The Kier molecular flexibility index (Phi) is 9.50. The van der Waals surface area contributed by atoms with Crippen LogP contribution >= 0.6 is 0 Å². The fraction of sp³-hybridized carbons (Fsp3) is 0.667. The summed E-state index contributed by atoms with van der Waals surface area (Å²) >= 11 is 0. The van der Waals surface area contributed by atoms with Gasteiger partial charge in [0.25, 0.3) is 0 Å². The zero-order valence-corrected chi connectivity index (χ0v) is 16.8. The van der Waals surface area contributed by atoms with Crippen molar-refractivity contribution in [3.05, 3.63) is 35.9 Å². The van der Waals surface area contributed by atoms with Crippen LogP contribution in [0.2, 0.25) is 0 Å². The average molecular weight is 361 g/mol. The van der Waals surface area contributed by atoms with Gasteiger partial charge in [0.15, 0.2) is 5.96 Å². The predicted molar refractivity (Wildman–Crippen MR) is 110 cm³/mol. The second kappa shape index (κ2) is 11.9. The van der Waals surface area contributed by atoms with E-state index in [2.05, 4.69) is 64.5 Å². The van der Waals surface area contributed by atoms with Gasteiger partial charge in [0.1, 0.15) is 0 Å². The van der Waals surface area contributed by atoms with E-state index >= 15 is 0 Å². The standard InChI is InChI=1S/C21H36N4O/c1-22-21(25(3)15-10-19-11-16-26-17-12-19)23-13-7-14-24(2)18-20-8-5-4-6-9-20/h4-6,8-9,19H,7,10-18H2,1-3H3,(H,22,23). The van der Waals surface area contributed by atoms with Crippen molar-refractivity contribution >= 4 is 5.96 Å². The van der Waals surface area contributed by atoms with E-state index in [9.17, 15) is 0 Å². The highest BCUT2D eigenvalue weighted by Gasteiger charge is 2.15. The normalized spacial score (nSPS) is 16.1. The summed E-state index contributed by atoms with van der Waals surface area (Å²) in [5, 5.41) is 3.50. The highest BCUT2D eigenvalue weighted by molar-refractivity contribution is 5.79. The van der Waals surface area contributed by atoms with Crippen LogP contribution in [0.25, 0.3) is 0 Å². The highest BCUT2D eigenvalue weighted by atomic mass is 16.5. The molecular weight excluding hydrogens is 324 g/mol. The topological polar surface area (TPSA) is 40.1 Å². The summed E-state index contributed by atoms with van der Waals surface area (Å²) in [7, 11) is 6.19. The molecule has 0 aromatic heterocycles. The summed E-state index contributed by atoms with van der Waals surface area (Å²) in [5.41, 5.74) is 1.37. The van der Waals surface area contributed by atoms with Crippen LogP contribution in [0.4, 0.5) is 0 Å². The Morgan fingerprint density at radius 3 is 2.58 bits per heavy atom. The second-order valence-corrected chi connectivity index (χ2v) is 7.32. The number of guanidine groups is 1. The van der Waals surface area contributed by atoms with Gasteiger partial charge >= 0.3 is 0 Å². The Morgan fingerprint density at radius 1 is 1.15 bits per heavy atom. The maximum Gasteiger partial charge on any atom is 0.193 e. The molecule has 1 aromatic carbocycles. The fourth-order valence-electron chi connectivity index (χ4n) is 3.43. The molecule has 0 radical (unpaired) electrons. The minimum Gasteiger partial charge on any atom is -0.381 e. The lowest BCUT2D eigenvalue weighted by molar-refractivity contribution is 0.0625. The Morgan fingerprint density at radius 2 is 1.88 bits per heavy atom. The quantitative estimate of drug-likeness (QED) is 0.418. The van der Waals surface area contributed by atoms with Crippen LogP contribution in [0.15, 0.2) is 35.3 Å². The van der Waals surface area contributed by atoms with E-state index in [1.165, 1.54) is 24.8 Å². The smallest absolute Gasteiger partial charge is 0.193 e. The number of hydrogen-bond acceptors (Lipinski definition) is 3. The SMILES string of the molecule is CN=C(NCCCN(C)Cc1ccccc1)N(C)CCC1CCOCC1. The van der Waals surface area contributed by atoms with Crippen molar-refractivity contribution in [1.29, 1.82) is 0 Å². The molecule has 1 fully saturated rings. The molecule has 5 nitrogen and oxygen atoms in total. The van der Waals surface area contributed by atoms with Crippen molar-refractivity contribution < 1.29 is 4.74 Å². The van der Waals surface area contributed by atoms with Gasteiger partial charge in [-0.25, -0.2) is 0 Å². The molecule has 26 heavy (non-hydrogen) atoms. The van der Waals surface area contributed by atoms with Crippen LogP contribution in [-0.4, -0.2) is 69.8 Å². The summed E-state index contributed by atoms with van der Waals surface area (Å²) in [6.07, 6.45) is 4.73. The molecule has 0 bridgehead atoms. The number of benzene rings is 1. The van der Waals surface area contributed by atoms with E-state index in [0.29, 0.717) is 0 Å². The van der Waals surface area contributed by atoms with Crippen molar-refractivity contribution in [2.75, 3.05) is 54.0 Å². The molecule has 5 heteroatoms. The van der Waals surface area contributed by atoms with Crippen LogP contribution in [0.3, 0.4) is 0 Å². The first-order valence-corrected chi connectivity index (χ1v) is 9.91. The van der Waals surface area contributed by atoms with Gasteiger partial charge in [0.2, 0.25) is 0 Å². The van der Waals surface area contributed by atoms with Gasteiger partial charge in [-0.15, -0.1) is 0 Å². The highest BCUT2D eigenvalue weighted by Crippen LogP contribution is 2.18. The van der Waals surface area contributed by atoms with E-state index in [0.717, 1.165) is 57.7 Å². The van der Waals surface area contributed by atoms with Crippen molar-refractivity contribution in [2.24, 2.45) is 10.9 Å². The number of ether oxygens (including phenoxy) is 1. The monoisotopic (exact) mass is 360 g/mol. The fourth-order valence-corrected chi connectivity index (χ4v) is 3.43. The predicted octanol–water partition coefficient (Wildman–Crippen LogP) is 2.83. The van der Waals surface area contributed by atoms with Crippen LogP contribution < -0.4 is 5.32 Å². The zero-order chi connectivity index (χ0) is 18.6. The average Bonchev–Trinajstić information content (AvgIpc) is 2.68. The van der Waals surface area contributed by atoms with Crippen LogP contribution in [-0.2, 0) is 11.3 Å². The molecule has 0 amide bonds. The van der Waals surface area contributed by atoms with Gasteiger partial charge < -0.3 is 19.9 Å². The molecule has 0 atom stereocenters. The molecule has 2 rings (SSSR count). The van der Waals surface area contributed by atoms with Crippen molar-refractivity contribution in [3.63, 3.8) is 0 Å². The molecule has 1 aliphatic heterocycles. The summed E-state index contributed by atoms with van der Waals surface area (Å²) < 4.78 is 5.44. The van der Waals surface area contributed by atoms with Gasteiger partial charge in [0, 0.05) is 46.9 Å². The zero-order valence-electron chi connectivity index (χ0n) is 16.8. The minimum absolute atomic E-state index is 0.802. The number of nitrogens with one attached hydrogen (secondary N) is 1. The maximum absolute atomic E-state index is 5.44. The summed E-state index contributed by atoms with van der Waals surface area (Å²) in [6, 6.07) is 10.6. The lowest BCUT2D eigenvalue weighted by atomic mass is 9.96. The van der Waals surface area contributed by atoms with Crippen LogP contribution in [0.5, 0.6) is 0 Å². The second-order valence-electron chi connectivity index (χ2n) is 7.32.